The summed E-state index contributed by atoms with van der Waals surface area (Å²) >= 11 is 0. The molecule has 1 heterocycles. The Morgan fingerprint density at radius 3 is 2.47 bits per heavy atom. The van der Waals surface area contributed by atoms with Crippen LogP contribution in [0.5, 0.6) is 28.7 Å². The van der Waals surface area contributed by atoms with Gasteiger partial charge in [0, 0.05) is 11.6 Å². The number of benzene rings is 3. The highest BCUT2D eigenvalue weighted by Gasteiger charge is 2.28. The Kier molecular flexibility index (Phi) is 5.98. The molecule has 0 unspecified atom stereocenters. The Labute approximate surface area is 184 Å². The summed E-state index contributed by atoms with van der Waals surface area (Å²) in [5.74, 6) is 1.80. The lowest BCUT2D eigenvalue weighted by Gasteiger charge is -2.14. The fourth-order valence-electron chi connectivity index (χ4n) is 3.43. The van der Waals surface area contributed by atoms with Gasteiger partial charge in [0.25, 0.3) is 0 Å². The fraction of sp³-hybridized carbons (Fsp3) is 0.160. The summed E-state index contributed by atoms with van der Waals surface area (Å²) < 4.78 is 41.0. The molecule has 164 valence electrons. The molecule has 4 rings (SSSR count). The maximum atomic E-state index is 13.3. The van der Waals surface area contributed by atoms with Crippen LogP contribution in [0, 0.1) is 5.82 Å². The van der Waals surface area contributed by atoms with Crippen molar-refractivity contribution in [2.75, 3.05) is 21.3 Å². The lowest BCUT2D eigenvalue weighted by molar-refractivity contribution is 0.101. The minimum atomic E-state index is -0.325. The lowest BCUT2D eigenvalue weighted by Crippen LogP contribution is -2.00. The largest absolute Gasteiger partial charge is 0.493 e. The number of fused-ring (bicyclic) bond motifs is 1. The quantitative estimate of drug-likeness (QED) is 0.483. The van der Waals surface area contributed by atoms with Gasteiger partial charge in [-0.1, -0.05) is 12.1 Å². The van der Waals surface area contributed by atoms with Crippen molar-refractivity contribution in [2.45, 2.75) is 6.61 Å². The first-order valence-electron chi connectivity index (χ1n) is 9.78. The SMILES string of the molecule is COc1ccc(/C=C2\Oc3cc(OCc4cccc(F)c4)ccc3C2=O)c(OC)c1OC. The minimum absolute atomic E-state index is 0.146. The number of carbonyl (C=O) groups is 1. The number of rotatable bonds is 7. The normalized spacial score (nSPS) is 13.5. The number of halogens is 1. The molecule has 0 bridgehead atoms. The zero-order valence-corrected chi connectivity index (χ0v) is 17.8. The maximum absolute atomic E-state index is 13.3. The molecule has 0 N–H and O–H groups in total. The molecule has 7 heteroatoms. The van der Waals surface area contributed by atoms with Crippen LogP contribution in [0.3, 0.4) is 0 Å². The van der Waals surface area contributed by atoms with E-state index in [1.54, 1.807) is 48.5 Å². The van der Waals surface area contributed by atoms with Crippen LogP contribution < -0.4 is 23.7 Å². The highest BCUT2D eigenvalue weighted by Crippen LogP contribution is 2.42. The topological polar surface area (TPSA) is 63.2 Å². The Balaban J connectivity index is 1.57. The van der Waals surface area contributed by atoms with Crippen molar-refractivity contribution in [3.05, 3.63) is 82.9 Å². The number of ketones is 1. The van der Waals surface area contributed by atoms with Gasteiger partial charge in [-0.05, 0) is 48.0 Å². The summed E-state index contributed by atoms with van der Waals surface area (Å²) in [6, 6.07) is 14.6. The van der Waals surface area contributed by atoms with Crippen molar-refractivity contribution in [1.82, 2.24) is 0 Å². The molecule has 32 heavy (non-hydrogen) atoms. The van der Waals surface area contributed by atoms with Crippen LogP contribution in [-0.2, 0) is 6.61 Å². The zero-order valence-electron chi connectivity index (χ0n) is 17.8. The van der Waals surface area contributed by atoms with Crippen LogP contribution in [0.1, 0.15) is 21.5 Å². The molecule has 6 nitrogen and oxygen atoms in total. The van der Waals surface area contributed by atoms with Gasteiger partial charge in [0.05, 0.1) is 26.9 Å². The van der Waals surface area contributed by atoms with Crippen molar-refractivity contribution in [3.63, 3.8) is 0 Å². The van der Waals surface area contributed by atoms with Gasteiger partial charge < -0.3 is 23.7 Å². The van der Waals surface area contributed by atoms with Crippen LogP contribution in [0.15, 0.2) is 60.4 Å². The minimum Gasteiger partial charge on any atom is -0.493 e. The van der Waals surface area contributed by atoms with E-state index in [1.807, 2.05) is 0 Å². The van der Waals surface area contributed by atoms with Crippen molar-refractivity contribution in [3.8, 4) is 28.7 Å². The van der Waals surface area contributed by atoms with Crippen LogP contribution in [0.25, 0.3) is 6.08 Å². The second kappa shape index (κ2) is 9.01. The van der Waals surface area contributed by atoms with Gasteiger partial charge in [-0.25, -0.2) is 4.39 Å². The maximum Gasteiger partial charge on any atom is 0.231 e. The van der Waals surface area contributed by atoms with Crippen molar-refractivity contribution >= 4 is 11.9 Å². The van der Waals surface area contributed by atoms with Gasteiger partial charge in [-0.3, -0.25) is 4.79 Å². The molecule has 1 aliphatic rings. The molecule has 0 saturated carbocycles. The number of hydrogen-bond donors (Lipinski definition) is 0. The first-order valence-corrected chi connectivity index (χ1v) is 9.78. The van der Waals surface area contributed by atoms with E-state index >= 15 is 0 Å². The van der Waals surface area contributed by atoms with Gasteiger partial charge in [0.15, 0.2) is 17.3 Å². The summed E-state index contributed by atoms with van der Waals surface area (Å²) in [7, 11) is 4.55. The molecule has 0 saturated heterocycles. The molecule has 0 radical (unpaired) electrons. The Hall–Kier alpha value is -4.00. The highest BCUT2D eigenvalue weighted by molar-refractivity contribution is 6.14. The number of carbonyl (C=O) groups excluding carboxylic acids is 1. The molecule has 3 aromatic rings. The molecule has 0 fully saturated rings. The van der Waals surface area contributed by atoms with E-state index in [-0.39, 0.29) is 24.0 Å². The second-order valence-electron chi connectivity index (χ2n) is 6.94. The molecule has 1 aliphatic heterocycles. The zero-order chi connectivity index (χ0) is 22.7. The van der Waals surface area contributed by atoms with E-state index in [4.69, 9.17) is 23.7 Å². The molecule has 0 atom stereocenters. The summed E-state index contributed by atoms with van der Waals surface area (Å²) in [5.41, 5.74) is 1.72. The van der Waals surface area contributed by atoms with E-state index in [1.165, 1.54) is 33.5 Å². The average Bonchev–Trinajstić information content (AvgIpc) is 3.11. The van der Waals surface area contributed by atoms with Gasteiger partial charge >= 0.3 is 0 Å². The van der Waals surface area contributed by atoms with E-state index < -0.39 is 0 Å². The summed E-state index contributed by atoms with van der Waals surface area (Å²) in [6.07, 6.45) is 1.59. The van der Waals surface area contributed by atoms with Gasteiger partial charge in [-0.2, -0.15) is 0 Å². The predicted octanol–water partition coefficient (Wildman–Crippen LogP) is 5.05. The van der Waals surface area contributed by atoms with Gasteiger partial charge in [-0.15, -0.1) is 0 Å². The number of allylic oxidation sites excluding steroid dienone is 1. The summed E-state index contributed by atoms with van der Waals surface area (Å²) in [5, 5.41) is 0. The fourth-order valence-corrected chi connectivity index (χ4v) is 3.43. The van der Waals surface area contributed by atoms with Crippen LogP contribution in [0.2, 0.25) is 0 Å². The summed E-state index contributed by atoms with van der Waals surface area (Å²) in [4.78, 5) is 12.8. The van der Waals surface area contributed by atoms with Gasteiger partial charge in [0.2, 0.25) is 11.5 Å². The van der Waals surface area contributed by atoms with E-state index in [9.17, 15) is 9.18 Å². The van der Waals surface area contributed by atoms with Crippen LogP contribution >= 0.6 is 0 Å². The molecule has 0 aromatic heterocycles. The Bertz CT molecular complexity index is 1200. The van der Waals surface area contributed by atoms with Crippen LogP contribution in [-0.4, -0.2) is 27.1 Å². The third-order valence-electron chi connectivity index (χ3n) is 4.96. The van der Waals surface area contributed by atoms with Gasteiger partial charge in [0.1, 0.15) is 23.9 Å². The number of methoxy groups -OCH3 is 3. The molecule has 3 aromatic carbocycles. The lowest BCUT2D eigenvalue weighted by atomic mass is 10.1. The standard InChI is InChI=1S/C25H21FO6/c1-28-20-10-7-16(24(29-2)25(20)30-3)12-22-23(27)19-9-8-18(13-21(19)32-22)31-14-15-5-4-6-17(26)11-15/h4-13H,14H2,1-3H3/b22-12-. The number of ether oxygens (including phenoxy) is 5. The smallest absolute Gasteiger partial charge is 0.231 e. The third-order valence-corrected chi connectivity index (χ3v) is 4.96. The van der Waals surface area contributed by atoms with Crippen molar-refractivity contribution < 1.29 is 32.9 Å². The van der Waals surface area contributed by atoms with E-state index in [0.29, 0.717) is 45.4 Å². The van der Waals surface area contributed by atoms with Crippen molar-refractivity contribution in [2.24, 2.45) is 0 Å². The second-order valence-corrected chi connectivity index (χ2v) is 6.94. The van der Waals surface area contributed by atoms with Crippen molar-refractivity contribution in [1.29, 1.82) is 0 Å². The van der Waals surface area contributed by atoms with E-state index in [2.05, 4.69) is 0 Å². The first kappa shape index (κ1) is 21.2. The third kappa shape index (κ3) is 4.09. The molecule has 0 amide bonds. The first-order chi connectivity index (χ1) is 15.5. The molecule has 0 aliphatic carbocycles. The van der Waals surface area contributed by atoms with E-state index in [0.717, 1.165) is 0 Å². The summed E-state index contributed by atoms with van der Waals surface area (Å²) in [6.45, 7) is 0.191. The highest BCUT2D eigenvalue weighted by atomic mass is 19.1. The monoisotopic (exact) mass is 436 g/mol. The molecular formula is C25H21FO6. The molecular weight excluding hydrogens is 415 g/mol. The predicted molar refractivity (Wildman–Crippen MR) is 116 cm³/mol. The Morgan fingerprint density at radius 2 is 1.75 bits per heavy atom. The average molecular weight is 436 g/mol. The molecule has 0 spiro atoms. The number of hydrogen-bond acceptors (Lipinski definition) is 6. The Morgan fingerprint density at radius 1 is 0.938 bits per heavy atom. The van der Waals surface area contributed by atoms with Crippen LogP contribution in [0.4, 0.5) is 4.39 Å². The number of Topliss-reactive ketones (excluding diaryl/α,β-unsaturated/α-hetero) is 1.